The van der Waals surface area contributed by atoms with Crippen LogP contribution in [-0.2, 0) is 37.5 Å². The Balaban J connectivity index is 4.32. The molecule has 0 bridgehead atoms. The minimum atomic E-state index is -4.70. The third-order valence-corrected chi connectivity index (χ3v) is 9.81. The van der Waals surface area contributed by atoms with Crippen molar-refractivity contribution in [2.75, 3.05) is 19.8 Å². The van der Waals surface area contributed by atoms with Gasteiger partial charge in [0.25, 0.3) is 0 Å². The highest BCUT2D eigenvalue weighted by Crippen LogP contribution is 2.43. The number of phosphoric ester groups is 1. The van der Waals surface area contributed by atoms with Crippen molar-refractivity contribution in [3.05, 3.63) is 0 Å². The molecule has 0 aromatic rings. The van der Waals surface area contributed by atoms with E-state index < -0.39 is 51.1 Å². The first-order valence-electron chi connectivity index (χ1n) is 20.1. The lowest BCUT2D eigenvalue weighted by molar-refractivity contribution is -0.161. The fourth-order valence-electron chi connectivity index (χ4n) is 5.65. The van der Waals surface area contributed by atoms with Gasteiger partial charge in [0.1, 0.15) is 12.6 Å². The number of carboxylic acid groups (broad SMARTS) is 1. The average Bonchev–Trinajstić information content (AvgIpc) is 3.09. The molecule has 1 unspecified atom stereocenters. The molecule has 0 spiro atoms. The zero-order valence-electron chi connectivity index (χ0n) is 31.8. The number of phosphoric acid groups is 1. The first-order valence-corrected chi connectivity index (χ1v) is 21.6. The van der Waals surface area contributed by atoms with Gasteiger partial charge in [-0.3, -0.25) is 23.4 Å². The fraction of sp³-hybridized carbons (Fsp3) is 0.921. The number of aliphatic carboxylic acids is 1. The second-order valence-electron chi connectivity index (χ2n) is 13.8. The standard InChI is InChI=1S/C38H74NO10P/c1-3-5-7-9-11-13-14-15-16-17-18-19-20-22-24-26-28-30-37(41)49-34(32-47-50(44,45)48-33-35(39)38(42)43)31-46-36(40)29-27-25-23-21-12-10-8-6-4-2/h34-35H,3-33,39H2,1-2H3,(H,42,43)(H,44,45)/t34-,35+/m1/s1. The van der Waals surface area contributed by atoms with Gasteiger partial charge < -0.3 is 25.2 Å². The first-order chi connectivity index (χ1) is 24.1. The van der Waals surface area contributed by atoms with Crippen molar-refractivity contribution in [3.8, 4) is 0 Å². The molecule has 0 aromatic carbocycles. The number of esters is 2. The molecule has 0 saturated heterocycles. The largest absolute Gasteiger partial charge is 0.480 e. The zero-order chi connectivity index (χ0) is 37.1. The van der Waals surface area contributed by atoms with Gasteiger partial charge in [-0.2, -0.15) is 0 Å². The molecule has 0 saturated carbocycles. The number of carbonyl (C=O) groups is 3. The SMILES string of the molecule is CCCCCCCCCCCCCCCCCCCC(=O)O[C@H](COC(=O)CCCCCCCCCCC)COP(=O)(O)OC[C@H](N)C(=O)O. The molecule has 3 atom stereocenters. The molecule has 0 aliphatic heterocycles. The molecule has 0 amide bonds. The van der Waals surface area contributed by atoms with E-state index in [1.165, 1.54) is 116 Å². The van der Waals surface area contributed by atoms with Gasteiger partial charge in [-0.15, -0.1) is 0 Å². The summed E-state index contributed by atoms with van der Waals surface area (Å²) in [6.45, 7) is 2.79. The minimum Gasteiger partial charge on any atom is -0.480 e. The lowest BCUT2D eigenvalue weighted by Crippen LogP contribution is -2.34. The Labute approximate surface area is 304 Å². The predicted molar refractivity (Wildman–Crippen MR) is 199 cm³/mol. The van der Waals surface area contributed by atoms with Crippen LogP contribution in [0.2, 0.25) is 0 Å². The summed E-state index contributed by atoms with van der Waals surface area (Å²) in [5, 5.41) is 8.85. The Morgan fingerprint density at radius 3 is 1.26 bits per heavy atom. The van der Waals surface area contributed by atoms with Crippen molar-refractivity contribution >= 4 is 25.7 Å². The summed E-state index contributed by atoms with van der Waals surface area (Å²) in [7, 11) is -4.70. The average molecular weight is 736 g/mol. The molecule has 0 rings (SSSR count). The van der Waals surface area contributed by atoms with E-state index in [2.05, 4.69) is 18.4 Å². The first kappa shape index (κ1) is 48.5. The molecule has 0 fully saturated rings. The van der Waals surface area contributed by atoms with Gasteiger partial charge in [0.2, 0.25) is 0 Å². The van der Waals surface area contributed by atoms with Crippen molar-refractivity contribution in [3.63, 3.8) is 0 Å². The molecule has 0 aliphatic rings. The van der Waals surface area contributed by atoms with Crippen LogP contribution < -0.4 is 5.73 Å². The van der Waals surface area contributed by atoms with Gasteiger partial charge in [0.05, 0.1) is 13.2 Å². The molecule has 11 nitrogen and oxygen atoms in total. The number of unbranched alkanes of at least 4 members (excludes halogenated alkanes) is 24. The van der Waals surface area contributed by atoms with E-state index in [0.29, 0.717) is 12.8 Å². The number of rotatable bonds is 38. The smallest absolute Gasteiger partial charge is 0.472 e. The van der Waals surface area contributed by atoms with Gasteiger partial charge in [-0.25, -0.2) is 4.57 Å². The highest BCUT2D eigenvalue weighted by Gasteiger charge is 2.28. The van der Waals surface area contributed by atoms with Crippen LogP contribution in [0.1, 0.15) is 194 Å². The summed E-state index contributed by atoms with van der Waals surface area (Å²) in [6, 6.07) is -1.51. The summed E-state index contributed by atoms with van der Waals surface area (Å²) in [5.41, 5.74) is 5.31. The van der Waals surface area contributed by atoms with Crippen molar-refractivity contribution in [1.82, 2.24) is 0 Å². The van der Waals surface area contributed by atoms with Gasteiger partial charge >= 0.3 is 25.7 Å². The number of nitrogens with two attached hydrogens (primary N) is 1. The molecule has 4 N–H and O–H groups in total. The fourth-order valence-corrected chi connectivity index (χ4v) is 6.43. The van der Waals surface area contributed by atoms with Crippen molar-refractivity contribution in [1.29, 1.82) is 0 Å². The van der Waals surface area contributed by atoms with Crippen LogP contribution in [0.3, 0.4) is 0 Å². The summed E-state index contributed by atoms with van der Waals surface area (Å²) in [6.07, 6.45) is 30.4. The Kier molecular flexibility index (Phi) is 33.5. The van der Waals surface area contributed by atoms with Crippen LogP contribution in [0.25, 0.3) is 0 Å². The van der Waals surface area contributed by atoms with Crippen LogP contribution in [0, 0.1) is 0 Å². The molecule has 12 heteroatoms. The van der Waals surface area contributed by atoms with E-state index in [1.54, 1.807) is 0 Å². The molecular weight excluding hydrogens is 661 g/mol. The second-order valence-corrected chi connectivity index (χ2v) is 15.2. The second kappa shape index (κ2) is 34.6. The number of hydrogen-bond donors (Lipinski definition) is 3. The van der Waals surface area contributed by atoms with Crippen LogP contribution in [0.5, 0.6) is 0 Å². The number of hydrogen-bond acceptors (Lipinski definition) is 9. The third-order valence-electron chi connectivity index (χ3n) is 8.86. The van der Waals surface area contributed by atoms with Gasteiger partial charge in [0, 0.05) is 12.8 Å². The van der Waals surface area contributed by atoms with Gasteiger partial charge in [-0.1, -0.05) is 168 Å². The van der Waals surface area contributed by atoms with Gasteiger partial charge in [0.15, 0.2) is 6.10 Å². The van der Waals surface area contributed by atoms with Gasteiger partial charge in [-0.05, 0) is 12.8 Å². The van der Waals surface area contributed by atoms with E-state index in [4.69, 9.17) is 24.8 Å². The van der Waals surface area contributed by atoms with E-state index in [9.17, 15) is 23.8 Å². The van der Waals surface area contributed by atoms with Crippen molar-refractivity contribution < 1.29 is 47.5 Å². The maximum Gasteiger partial charge on any atom is 0.472 e. The predicted octanol–water partition coefficient (Wildman–Crippen LogP) is 9.95. The molecule has 0 aromatic heterocycles. The maximum absolute atomic E-state index is 12.6. The zero-order valence-corrected chi connectivity index (χ0v) is 32.7. The minimum absolute atomic E-state index is 0.169. The molecule has 296 valence electrons. The number of carbonyl (C=O) groups excluding carboxylic acids is 2. The topological polar surface area (TPSA) is 172 Å². The molecular formula is C38H74NO10P. The normalized spacial score (nSPS) is 13.8. The van der Waals surface area contributed by atoms with Crippen molar-refractivity contribution in [2.24, 2.45) is 5.73 Å². The number of ether oxygens (including phenoxy) is 2. The van der Waals surface area contributed by atoms with E-state index >= 15 is 0 Å². The Hall–Kier alpha value is -1.52. The summed E-state index contributed by atoms with van der Waals surface area (Å²) < 4.78 is 32.5. The highest BCUT2D eigenvalue weighted by atomic mass is 31.2. The van der Waals surface area contributed by atoms with Crippen molar-refractivity contribution in [2.45, 2.75) is 206 Å². The summed E-state index contributed by atoms with van der Waals surface area (Å²) in [5.74, 6) is -2.37. The highest BCUT2D eigenvalue weighted by molar-refractivity contribution is 7.47. The van der Waals surface area contributed by atoms with E-state index in [-0.39, 0.29) is 19.4 Å². The summed E-state index contributed by atoms with van der Waals surface area (Å²) >= 11 is 0. The molecule has 50 heavy (non-hydrogen) atoms. The summed E-state index contributed by atoms with van der Waals surface area (Å²) in [4.78, 5) is 45.7. The van der Waals surface area contributed by atoms with E-state index in [1.807, 2.05) is 0 Å². The van der Waals surface area contributed by atoms with E-state index in [0.717, 1.165) is 38.5 Å². The molecule has 0 heterocycles. The number of carboxylic acids is 1. The monoisotopic (exact) mass is 736 g/mol. The lowest BCUT2D eigenvalue weighted by atomic mass is 10.0. The third kappa shape index (κ3) is 33.6. The lowest BCUT2D eigenvalue weighted by Gasteiger charge is -2.20. The molecule has 0 radical (unpaired) electrons. The Morgan fingerprint density at radius 2 is 0.880 bits per heavy atom. The quantitative estimate of drug-likeness (QED) is 0.0313. The van der Waals surface area contributed by atoms with Crippen LogP contribution in [0.15, 0.2) is 0 Å². The van der Waals surface area contributed by atoms with Crippen LogP contribution >= 0.6 is 7.82 Å². The van der Waals surface area contributed by atoms with Crippen LogP contribution in [0.4, 0.5) is 0 Å². The Bertz CT molecular complexity index is 875. The molecule has 0 aliphatic carbocycles. The maximum atomic E-state index is 12.6. The Morgan fingerprint density at radius 1 is 0.540 bits per heavy atom. The van der Waals surface area contributed by atoms with Crippen LogP contribution in [-0.4, -0.2) is 59.9 Å².